The van der Waals surface area contributed by atoms with Gasteiger partial charge in [-0.3, -0.25) is 19.1 Å². The molecule has 0 unspecified atom stereocenters. The second-order valence-electron chi connectivity index (χ2n) is 13.2. The number of rotatable bonds is 8. The fraction of sp³-hybridized carbons (Fsp3) is 0.500. The standard InChI is InChI=1S/C31H35ClF3N9O4.CH2O2/c1-42-23(20-14-44(11-15-3-2-4-15)41-26(20)31(33,34)35)9-37-27(42)29(47)38-16-5-6-17(21(32)7-16)28(46)40-25-18-12-43(13-19(18)25)30(48)39-22-8-36-10-24(22)45;2-1-3/h5-7,9,14-15,18-19,22,24-25,36,45H,2-4,8,10-13H2,1H3,(H,38,47)(H,39,48)(H,40,46);1H,(H,2,3)/t18-,19+,22-,24-,25+;/m1./s1. The minimum Gasteiger partial charge on any atom is -0.483 e. The number of anilines is 1. The van der Waals surface area contributed by atoms with Crippen LogP contribution < -0.4 is 21.3 Å². The van der Waals surface area contributed by atoms with Crippen LogP contribution >= 0.6 is 11.6 Å². The average Bonchev–Trinajstić information content (AvgIpc) is 3.61. The number of nitrogens with zero attached hydrogens (tertiary/aromatic N) is 5. The van der Waals surface area contributed by atoms with E-state index in [2.05, 4.69) is 31.3 Å². The highest BCUT2D eigenvalue weighted by molar-refractivity contribution is 6.34. The summed E-state index contributed by atoms with van der Waals surface area (Å²) in [5.74, 6) is -0.648. The molecule has 0 bridgehead atoms. The number of urea groups is 1. The van der Waals surface area contributed by atoms with E-state index < -0.39 is 23.9 Å². The van der Waals surface area contributed by atoms with Gasteiger partial charge in [-0.1, -0.05) is 18.0 Å². The van der Waals surface area contributed by atoms with Gasteiger partial charge in [-0.05, 0) is 37.0 Å². The monoisotopic (exact) mass is 735 g/mol. The quantitative estimate of drug-likeness (QED) is 0.188. The normalized spacial score (nSPS) is 23.8. The van der Waals surface area contributed by atoms with Crippen LogP contribution in [0.2, 0.25) is 5.02 Å². The Morgan fingerprint density at radius 2 is 1.82 bits per heavy atom. The lowest BCUT2D eigenvalue weighted by molar-refractivity contribution is -0.141. The number of piperidine rings is 1. The molecule has 0 radical (unpaired) electrons. The Kier molecular flexibility index (Phi) is 10.3. The zero-order valence-electron chi connectivity index (χ0n) is 27.4. The summed E-state index contributed by atoms with van der Waals surface area (Å²) < 4.78 is 44.3. The van der Waals surface area contributed by atoms with Crippen molar-refractivity contribution in [2.45, 2.75) is 50.2 Å². The summed E-state index contributed by atoms with van der Waals surface area (Å²) in [4.78, 5) is 52.9. The van der Waals surface area contributed by atoms with Crippen molar-refractivity contribution in [3.05, 3.63) is 52.7 Å². The number of carbonyl (C=O) groups is 4. The molecule has 2 aromatic heterocycles. The van der Waals surface area contributed by atoms with Crippen LogP contribution in [0.3, 0.4) is 0 Å². The first-order valence-corrected chi connectivity index (χ1v) is 16.8. The molecule has 51 heavy (non-hydrogen) atoms. The summed E-state index contributed by atoms with van der Waals surface area (Å²) in [6, 6.07) is 3.73. The minimum atomic E-state index is -4.69. The van der Waals surface area contributed by atoms with Crippen molar-refractivity contribution >= 4 is 41.6 Å². The van der Waals surface area contributed by atoms with E-state index in [4.69, 9.17) is 21.5 Å². The Bertz CT molecular complexity index is 1800. The van der Waals surface area contributed by atoms with E-state index in [0.29, 0.717) is 38.6 Å². The van der Waals surface area contributed by atoms with E-state index in [1.165, 1.54) is 46.9 Å². The van der Waals surface area contributed by atoms with Gasteiger partial charge >= 0.3 is 12.2 Å². The summed E-state index contributed by atoms with van der Waals surface area (Å²) in [5.41, 5.74) is -0.631. The van der Waals surface area contributed by atoms with Gasteiger partial charge in [0.25, 0.3) is 18.3 Å². The van der Waals surface area contributed by atoms with Gasteiger partial charge in [0.05, 0.1) is 40.2 Å². The van der Waals surface area contributed by atoms with Crippen LogP contribution in [0, 0.1) is 17.8 Å². The topological polar surface area (TPSA) is 196 Å². The molecule has 4 aliphatic rings. The number of fused-ring (bicyclic) bond motifs is 1. The number of alkyl halides is 3. The summed E-state index contributed by atoms with van der Waals surface area (Å²) >= 11 is 6.43. The maximum absolute atomic E-state index is 13.9. The lowest BCUT2D eigenvalue weighted by Gasteiger charge is -2.24. The molecule has 2 aliphatic carbocycles. The molecule has 2 aliphatic heterocycles. The highest BCUT2D eigenvalue weighted by Crippen LogP contribution is 2.46. The summed E-state index contributed by atoms with van der Waals surface area (Å²) in [7, 11) is 1.46. The Morgan fingerprint density at radius 1 is 1.12 bits per heavy atom. The Balaban J connectivity index is 0.00000144. The third-order valence-corrected chi connectivity index (χ3v) is 10.2. The third kappa shape index (κ3) is 7.67. The highest BCUT2D eigenvalue weighted by Gasteiger charge is 2.57. The van der Waals surface area contributed by atoms with E-state index >= 15 is 0 Å². The molecule has 15 nitrogen and oxygen atoms in total. The van der Waals surface area contributed by atoms with Gasteiger partial charge in [0.1, 0.15) is 0 Å². The number of halogens is 4. The summed E-state index contributed by atoms with van der Waals surface area (Å²) in [5, 5.41) is 32.2. The molecule has 2 saturated heterocycles. The molecule has 274 valence electrons. The first-order valence-electron chi connectivity index (χ1n) is 16.4. The van der Waals surface area contributed by atoms with Gasteiger partial charge in [0, 0.05) is 69.5 Å². The Hall–Kier alpha value is -4.68. The molecule has 7 rings (SSSR count). The van der Waals surface area contributed by atoms with Gasteiger partial charge in [-0.2, -0.15) is 18.3 Å². The first kappa shape index (κ1) is 36.1. The average molecular weight is 736 g/mol. The number of imidazole rings is 1. The van der Waals surface area contributed by atoms with Gasteiger partial charge in [0.15, 0.2) is 11.5 Å². The number of carboxylic acid groups (broad SMARTS) is 1. The summed E-state index contributed by atoms with van der Waals surface area (Å²) in [6.07, 6.45) is 0.222. The largest absolute Gasteiger partial charge is 0.483 e. The number of aliphatic hydroxyl groups excluding tert-OH is 1. The van der Waals surface area contributed by atoms with Gasteiger partial charge < -0.3 is 40.9 Å². The number of hydrogen-bond acceptors (Lipinski definition) is 8. The number of amides is 4. The molecule has 2 saturated carbocycles. The lowest BCUT2D eigenvalue weighted by atomic mass is 9.85. The molecule has 0 spiro atoms. The maximum atomic E-state index is 13.9. The number of aromatic nitrogens is 4. The van der Waals surface area contributed by atoms with Crippen molar-refractivity contribution in [2.75, 3.05) is 31.5 Å². The van der Waals surface area contributed by atoms with Crippen molar-refractivity contribution in [1.29, 1.82) is 0 Å². The fourth-order valence-electron chi connectivity index (χ4n) is 6.88. The number of benzene rings is 1. The number of aliphatic hydroxyl groups is 1. The fourth-order valence-corrected chi connectivity index (χ4v) is 7.15. The van der Waals surface area contributed by atoms with Gasteiger partial charge in [-0.15, -0.1) is 0 Å². The predicted octanol–water partition coefficient (Wildman–Crippen LogP) is 2.41. The molecule has 4 amide bonds. The molecule has 19 heteroatoms. The zero-order valence-corrected chi connectivity index (χ0v) is 28.1. The Labute approximate surface area is 294 Å². The smallest absolute Gasteiger partial charge is 0.435 e. The molecular weight excluding hydrogens is 699 g/mol. The van der Waals surface area contributed by atoms with E-state index in [1.807, 2.05) is 0 Å². The van der Waals surface area contributed by atoms with Crippen molar-refractivity contribution < 1.29 is 42.6 Å². The van der Waals surface area contributed by atoms with Crippen molar-refractivity contribution in [2.24, 2.45) is 24.8 Å². The van der Waals surface area contributed by atoms with Crippen molar-refractivity contribution in [1.82, 2.24) is 40.2 Å². The van der Waals surface area contributed by atoms with Crippen molar-refractivity contribution in [3.63, 3.8) is 0 Å². The van der Waals surface area contributed by atoms with E-state index in [-0.39, 0.29) is 75.7 Å². The third-order valence-electron chi connectivity index (χ3n) is 9.91. The van der Waals surface area contributed by atoms with Crippen LogP contribution in [0.1, 0.15) is 45.9 Å². The van der Waals surface area contributed by atoms with Crippen LogP contribution in [0.15, 0.2) is 30.6 Å². The van der Waals surface area contributed by atoms with E-state index in [0.717, 1.165) is 19.3 Å². The lowest BCUT2D eigenvalue weighted by Crippen LogP contribution is -2.49. The molecule has 5 atom stereocenters. The number of β-amino-alcohol motifs (C(OH)–C–C–N with tert-alkyl or cyclic N) is 1. The number of carbonyl (C=O) groups excluding carboxylic acids is 3. The first-order chi connectivity index (χ1) is 24.3. The van der Waals surface area contributed by atoms with Crippen LogP contribution in [-0.2, 0) is 24.6 Å². The van der Waals surface area contributed by atoms with E-state index in [9.17, 15) is 32.7 Å². The molecular formula is C32H37ClF3N9O6. The Morgan fingerprint density at radius 3 is 2.41 bits per heavy atom. The maximum Gasteiger partial charge on any atom is 0.435 e. The van der Waals surface area contributed by atoms with Crippen LogP contribution in [0.5, 0.6) is 0 Å². The van der Waals surface area contributed by atoms with Crippen LogP contribution in [0.4, 0.5) is 23.7 Å². The molecule has 1 aromatic carbocycles. The number of likely N-dealkylation sites (tertiary alicyclic amines) is 1. The second kappa shape index (κ2) is 14.5. The van der Waals surface area contributed by atoms with Crippen molar-refractivity contribution in [3.8, 4) is 11.3 Å². The predicted molar refractivity (Wildman–Crippen MR) is 176 cm³/mol. The molecule has 4 fully saturated rings. The van der Waals surface area contributed by atoms with E-state index in [1.54, 1.807) is 4.90 Å². The van der Waals surface area contributed by atoms with Gasteiger partial charge in [0.2, 0.25) is 0 Å². The highest BCUT2D eigenvalue weighted by atomic mass is 35.5. The molecule has 4 heterocycles. The number of nitrogens with one attached hydrogen (secondary N) is 4. The van der Waals surface area contributed by atoms with Crippen LogP contribution in [-0.4, -0.2) is 103 Å². The number of hydrogen-bond donors (Lipinski definition) is 6. The second-order valence-corrected chi connectivity index (χ2v) is 13.6. The molecule has 3 aromatic rings. The minimum absolute atomic E-state index is 0.0927. The zero-order chi connectivity index (χ0) is 36.6. The SMILES string of the molecule is Cn1c(-c2cn(CC3CCC3)nc2C(F)(F)F)cnc1C(=O)Nc1ccc(C(=O)N[C@H]2[C@@H]3CN(C(=O)N[C@@H]4CNC[C@H]4O)C[C@@H]32)c(Cl)c1.O=CO. The van der Waals surface area contributed by atoms with Crippen LogP contribution in [0.25, 0.3) is 11.3 Å². The molecule has 6 N–H and O–H groups in total. The summed E-state index contributed by atoms with van der Waals surface area (Å²) in [6.45, 7) is 2.08. The van der Waals surface area contributed by atoms with Gasteiger partial charge in [-0.25, -0.2) is 9.78 Å².